The van der Waals surface area contributed by atoms with Gasteiger partial charge in [0, 0.05) is 25.5 Å². The largest absolute Gasteiger partial charge is 0.369 e. The van der Waals surface area contributed by atoms with E-state index in [1.807, 2.05) is 12.1 Å². The number of nitrogens with zero attached hydrogens (tertiary/aromatic N) is 3. The zero-order valence-electron chi connectivity index (χ0n) is 12.0. The SMILES string of the molecule is CCCNc1cncc(C(=O)NCCc2ccncc2)n1. The quantitative estimate of drug-likeness (QED) is 0.809. The van der Waals surface area contributed by atoms with Gasteiger partial charge >= 0.3 is 0 Å². The molecule has 0 atom stereocenters. The lowest BCUT2D eigenvalue weighted by Crippen LogP contribution is -2.27. The summed E-state index contributed by atoms with van der Waals surface area (Å²) in [5, 5.41) is 5.95. The van der Waals surface area contributed by atoms with Gasteiger partial charge in [0.15, 0.2) is 0 Å². The number of amides is 1. The highest BCUT2D eigenvalue weighted by Gasteiger charge is 2.08. The first-order valence-corrected chi connectivity index (χ1v) is 7.02. The maximum atomic E-state index is 12.0. The monoisotopic (exact) mass is 285 g/mol. The third kappa shape index (κ3) is 4.83. The van der Waals surface area contributed by atoms with Crippen LogP contribution in [0, 0.1) is 0 Å². The molecule has 2 N–H and O–H groups in total. The van der Waals surface area contributed by atoms with Crippen LogP contribution in [-0.4, -0.2) is 33.9 Å². The van der Waals surface area contributed by atoms with Crippen LogP contribution >= 0.6 is 0 Å². The molecule has 0 saturated carbocycles. The van der Waals surface area contributed by atoms with Crippen molar-refractivity contribution in [3.05, 3.63) is 48.2 Å². The number of hydrogen-bond acceptors (Lipinski definition) is 5. The second-order valence-electron chi connectivity index (χ2n) is 4.58. The van der Waals surface area contributed by atoms with Crippen LogP contribution in [0.15, 0.2) is 36.9 Å². The predicted octanol–water partition coefficient (Wildman–Crippen LogP) is 1.67. The normalized spacial score (nSPS) is 10.1. The maximum Gasteiger partial charge on any atom is 0.271 e. The Bertz CT molecular complexity index is 573. The molecule has 2 heterocycles. The number of carbonyl (C=O) groups is 1. The van der Waals surface area contributed by atoms with E-state index < -0.39 is 0 Å². The fraction of sp³-hybridized carbons (Fsp3) is 0.333. The van der Waals surface area contributed by atoms with Crippen LogP contribution in [0.2, 0.25) is 0 Å². The Morgan fingerprint density at radius 2 is 1.95 bits per heavy atom. The van der Waals surface area contributed by atoms with E-state index in [1.54, 1.807) is 18.6 Å². The van der Waals surface area contributed by atoms with Crippen molar-refractivity contribution in [2.45, 2.75) is 19.8 Å². The number of hydrogen-bond donors (Lipinski definition) is 2. The topological polar surface area (TPSA) is 79.8 Å². The maximum absolute atomic E-state index is 12.0. The van der Waals surface area contributed by atoms with Crippen molar-refractivity contribution in [2.75, 3.05) is 18.4 Å². The average Bonchev–Trinajstić information content (AvgIpc) is 2.54. The molecular weight excluding hydrogens is 266 g/mol. The van der Waals surface area contributed by atoms with Gasteiger partial charge in [0.05, 0.1) is 12.4 Å². The number of anilines is 1. The van der Waals surface area contributed by atoms with E-state index in [4.69, 9.17) is 0 Å². The van der Waals surface area contributed by atoms with E-state index >= 15 is 0 Å². The number of rotatable bonds is 7. The van der Waals surface area contributed by atoms with Gasteiger partial charge in [-0.15, -0.1) is 0 Å². The number of aromatic nitrogens is 3. The summed E-state index contributed by atoms with van der Waals surface area (Å²) < 4.78 is 0. The van der Waals surface area contributed by atoms with E-state index in [-0.39, 0.29) is 5.91 Å². The molecule has 6 nitrogen and oxygen atoms in total. The fourth-order valence-corrected chi connectivity index (χ4v) is 1.77. The van der Waals surface area contributed by atoms with E-state index in [9.17, 15) is 4.79 Å². The molecular formula is C15H19N5O. The lowest BCUT2D eigenvalue weighted by Gasteiger charge is -2.07. The molecule has 0 radical (unpaired) electrons. The molecule has 0 saturated heterocycles. The molecule has 6 heteroatoms. The van der Waals surface area contributed by atoms with Crippen molar-refractivity contribution in [3.8, 4) is 0 Å². The molecule has 0 bridgehead atoms. The van der Waals surface area contributed by atoms with Crippen molar-refractivity contribution >= 4 is 11.7 Å². The minimum Gasteiger partial charge on any atom is -0.369 e. The number of carbonyl (C=O) groups excluding carboxylic acids is 1. The van der Waals surface area contributed by atoms with Crippen molar-refractivity contribution in [3.63, 3.8) is 0 Å². The molecule has 2 rings (SSSR count). The molecule has 0 aromatic carbocycles. The molecule has 1 amide bonds. The average molecular weight is 285 g/mol. The Labute approximate surface area is 124 Å². The van der Waals surface area contributed by atoms with Crippen molar-refractivity contribution in [1.82, 2.24) is 20.3 Å². The number of nitrogens with one attached hydrogen (secondary N) is 2. The van der Waals surface area contributed by atoms with Gasteiger partial charge in [0.1, 0.15) is 11.5 Å². The van der Waals surface area contributed by atoms with Gasteiger partial charge in [-0.25, -0.2) is 4.98 Å². The van der Waals surface area contributed by atoms with E-state index in [0.29, 0.717) is 18.1 Å². The molecule has 0 aliphatic heterocycles. The van der Waals surface area contributed by atoms with Crippen molar-refractivity contribution in [1.29, 1.82) is 0 Å². The Morgan fingerprint density at radius 3 is 2.71 bits per heavy atom. The standard InChI is InChI=1S/C15H19N5O/c1-2-6-18-14-11-17-10-13(20-14)15(21)19-9-5-12-3-7-16-8-4-12/h3-4,7-8,10-11H,2,5-6,9H2,1H3,(H,18,20)(H,19,21). The lowest BCUT2D eigenvalue weighted by atomic mass is 10.2. The fourth-order valence-electron chi connectivity index (χ4n) is 1.77. The number of pyridine rings is 1. The van der Waals surface area contributed by atoms with Gasteiger partial charge in [-0.2, -0.15) is 0 Å². The smallest absolute Gasteiger partial charge is 0.271 e. The molecule has 2 aromatic rings. The van der Waals surface area contributed by atoms with Crippen LogP contribution in [-0.2, 0) is 6.42 Å². The zero-order valence-corrected chi connectivity index (χ0v) is 12.0. The van der Waals surface area contributed by atoms with Crippen LogP contribution in [0.1, 0.15) is 29.4 Å². The summed E-state index contributed by atoms with van der Waals surface area (Å²) in [5.74, 6) is 0.412. The molecule has 0 aliphatic carbocycles. The van der Waals surface area contributed by atoms with Crippen molar-refractivity contribution < 1.29 is 4.79 Å². The van der Waals surface area contributed by atoms with E-state index in [1.165, 1.54) is 6.20 Å². The highest BCUT2D eigenvalue weighted by molar-refractivity contribution is 5.92. The highest BCUT2D eigenvalue weighted by Crippen LogP contribution is 2.02. The van der Waals surface area contributed by atoms with Crippen LogP contribution in [0.5, 0.6) is 0 Å². The second kappa shape index (κ2) is 7.94. The van der Waals surface area contributed by atoms with Gasteiger partial charge in [0.2, 0.25) is 0 Å². The second-order valence-corrected chi connectivity index (χ2v) is 4.58. The molecule has 0 unspecified atom stereocenters. The van der Waals surface area contributed by atoms with Crippen LogP contribution in [0.3, 0.4) is 0 Å². The summed E-state index contributed by atoms with van der Waals surface area (Å²) in [5.41, 5.74) is 1.46. The molecule has 0 fully saturated rings. The van der Waals surface area contributed by atoms with E-state index in [2.05, 4.69) is 32.5 Å². The molecule has 21 heavy (non-hydrogen) atoms. The third-order valence-electron chi connectivity index (χ3n) is 2.87. The predicted molar refractivity (Wildman–Crippen MR) is 81.1 cm³/mol. The molecule has 2 aromatic heterocycles. The molecule has 0 spiro atoms. The Morgan fingerprint density at radius 1 is 1.14 bits per heavy atom. The van der Waals surface area contributed by atoms with Crippen LogP contribution in [0.4, 0.5) is 5.82 Å². The summed E-state index contributed by atoms with van der Waals surface area (Å²) in [6.45, 7) is 3.43. The Hall–Kier alpha value is -2.50. The minimum atomic E-state index is -0.211. The van der Waals surface area contributed by atoms with Gasteiger partial charge in [0.25, 0.3) is 5.91 Å². The summed E-state index contributed by atoms with van der Waals surface area (Å²) in [6.07, 6.45) is 8.32. The molecule has 0 aliphatic rings. The Kier molecular flexibility index (Phi) is 5.63. The van der Waals surface area contributed by atoms with Gasteiger partial charge in [-0.1, -0.05) is 6.92 Å². The zero-order chi connectivity index (χ0) is 14.9. The summed E-state index contributed by atoms with van der Waals surface area (Å²) in [7, 11) is 0. The van der Waals surface area contributed by atoms with Crippen LogP contribution < -0.4 is 10.6 Å². The van der Waals surface area contributed by atoms with Gasteiger partial charge in [-0.05, 0) is 30.5 Å². The van der Waals surface area contributed by atoms with Crippen molar-refractivity contribution in [2.24, 2.45) is 0 Å². The first-order valence-electron chi connectivity index (χ1n) is 7.02. The third-order valence-corrected chi connectivity index (χ3v) is 2.87. The lowest BCUT2D eigenvalue weighted by molar-refractivity contribution is 0.0949. The summed E-state index contributed by atoms with van der Waals surface area (Å²) in [4.78, 5) is 24.2. The van der Waals surface area contributed by atoms with Crippen LogP contribution in [0.25, 0.3) is 0 Å². The summed E-state index contributed by atoms with van der Waals surface area (Å²) in [6, 6.07) is 3.86. The first kappa shape index (κ1) is 14.9. The van der Waals surface area contributed by atoms with Gasteiger partial charge < -0.3 is 10.6 Å². The minimum absolute atomic E-state index is 0.211. The summed E-state index contributed by atoms with van der Waals surface area (Å²) >= 11 is 0. The highest BCUT2D eigenvalue weighted by atomic mass is 16.1. The molecule has 110 valence electrons. The first-order chi connectivity index (χ1) is 10.3. The Balaban J connectivity index is 1.85. The van der Waals surface area contributed by atoms with Gasteiger partial charge in [-0.3, -0.25) is 14.8 Å². The van der Waals surface area contributed by atoms with E-state index in [0.717, 1.165) is 24.9 Å².